The predicted molar refractivity (Wildman–Crippen MR) is 97.3 cm³/mol. The molecule has 2 atom stereocenters. The Balaban J connectivity index is 1.64. The Bertz CT molecular complexity index is 753. The first-order chi connectivity index (χ1) is 12.3. The third-order valence-corrected chi connectivity index (χ3v) is 7.09. The number of piperidine rings is 1. The van der Waals surface area contributed by atoms with E-state index in [1.165, 1.54) is 27.4 Å². The van der Waals surface area contributed by atoms with Crippen LogP contribution in [0.5, 0.6) is 0 Å². The highest BCUT2D eigenvalue weighted by atomic mass is 32.2. The van der Waals surface area contributed by atoms with Crippen molar-refractivity contribution in [3.05, 3.63) is 35.6 Å². The van der Waals surface area contributed by atoms with Crippen LogP contribution in [-0.4, -0.2) is 67.1 Å². The summed E-state index contributed by atoms with van der Waals surface area (Å²) in [5.74, 6) is -0.251. The van der Waals surface area contributed by atoms with E-state index in [0.29, 0.717) is 24.9 Å². The number of rotatable bonds is 3. The van der Waals surface area contributed by atoms with Gasteiger partial charge < -0.3 is 4.90 Å². The quantitative estimate of drug-likeness (QED) is 0.800. The monoisotopic (exact) mass is 383 g/mol. The van der Waals surface area contributed by atoms with Crippen LogP contribution in [0.15, 0.2) is 24.3 Å². The molecule has 3 rings (SSSR count). The standard InChI is InChI=1S/C18H26FN3O3S/c1-14-11-15(2)13-22(12-14)26(24,25)21-9-7-20(8-10-21)18(23)16-5-3-4-6-17(16)19/h3-6,14-15H,7-13H2,1-2H3/t14-,15-/m1/s1. The van der Waals surface area contributed by atoms with Gasteiger partial charge in [0.2, 0.25) is 0 Å². The average Bonchev–Trinajstić information content (AvgIpc) is 2.61. The van der Waals surface area contributed by atoms with Gasteiger partial charge in [-0.15, -0.1) is 0 Å². The van der Waals surface area contributed by atoms with Crippen LogP contribution < -0.4 is 0 Å². The number of hydrogen-bond acceptors (Lipinski definition) is 3. The van der Waals surface area contributed by atoms with Gasteiger partial charge in [-0.25, -0.2) is 4.39 Å². The zero-order valence-corrected chi connectivity index (χ0v) is 16.1. The van der Waals surface area contributed by atoms with E-state index in [-0.39, 0.29) is 37.6 Å². The second-order valence-electron chi connectivity index (χ2n) is 7.44. The minimum Gasteiger partial charge on any atom is -0.336 e. The van der Waals surface area contributed by atoms with Crippen molar-refractivity contribution in [2.24, 2.45) is 11.8 Å². The molecule has 2 fully saturated rings. The van der Waals surface area contributed by atoms with Crippen molar-refractivity contribution in [3.8, 4) is 0 Å². The van der Waals surface area contributed by atoms with Crippen molar-refractivity contribution >= 4 is 16.1 Å². The van der Waals surface area contributed by atoms with Crippen LogP contribution in [0.25, 0.3) is 0 Å². The van der Waals surface area contributed by atoms with Crippen LogP contribution in [-0.2, 0) is 10.2 Å². The molecule has 2 aliphatic rings. The Labute approximate surface area is 154 Å². The smallest absolute Gasteiger partial charge is 0.282 e. The number of halogens is 1. The minimum atomic E-state index is -3.52. The first-order valence-electron chi connectivity index (χ1n) is 9.08. The number of carbonyl (C=O) groups is 1. The second kappa shape index (κ2) is 7.62. The maximum absolute atomic E-state index is 13.8. The molecular weight excluding hydrogens is 357 g/mol. The molecule has 0 spiro atoms. The molecule has 0 aromatic heterocycles. The molecule has 0 saturated carbocycles. The Morgan fingerprint density at radius 3 is 2.15 bits per heavy atom. The Kier molecular flexibility index (Phi) is 5.64. The molecule has 26 heavy (non-hydrogen) atoms. The summed E-state index contributed by atoms with van der Waals surface area (Å²) < 4.78 is 42.7. The van der Waals surface area contributed by atoms with Crippen molar-refractivity contribution in [1.82, 2.24) is 13.5 Å². The number of carbonyl (C=O) groups excluding carboxylic acids is 1. The molecule has 1 aromatic rings. The summed E-state index contributed by atoms with van der Waals surface area (Å²) >= 11 is 0. The lowest BCUT2D eigenvalue weighted by Gasteiger charge is -2.40. The predicted octanol–water partition coefficient (Wildman–Crippen LogP) is 1.81. The summed E-state index contributed by atoms with van der Waals surface area (Å²) in [6, 6.07) is 5.87. The summed E-state index contributed by atoms with van der Waals surface area (Å²) in [6.45, 7) is 6.24. The molecule has 2 saturated heterocycles. The third kappa shape index (κ3) is 3.92. The summed E-state index contributed by atoms with van der Waals surface area (Å²) in [7, 11) is -3.52. The topological polar surface area (TPSA) is 60.9 Å². The maximum atomic E-state index is 13.8. The fourth-order valence-electron chi connectivity index (χ4n) is 3.88. The van der Waals surface area contributed by atoms with Crippen LogP contribution in [0.2, 0.25) is 0 Å². The highest BCUT2D eigenvalue weighted by molar-refractivity contribution is 7.86. The van der Waals surface area contributed by atoms with Gasteiger partial charge >= 0.3 is 0 Å². The summed E-state index contributed by atoms with van der Waals surface area (Å²) in [5, 5.41) is 0. The van der Waals surface area contributed by atoms with Gasteiger partial charge in [0.05, 0.1) is 5.56 Å². The number of benzene rings is 1. The highest BCUT2D eigenvalue weighted by Gasteiger charge is 2.37. The number of piperazine rings is 1. The molecule has 0 N–H and O–H groups in total. The SMILES string of the molecule is C[C@@H]1C[C@@H](C)CN(S(=O)(=O)N2CCN(C(=O)c3ccccc3F)CC2)C1. The lowest BCUT2D eigenvalue weighted by Crippen LogP contribution is -2.56. The molecular formula is C18H26FN3O3S. The van der Waals surface area contributed by atoms with Crippen molar-refractivity contribution in [2.75, 3.05) is 39.3 Å². The van der Waals surface area contributed by atoms with E-state index in [4.69, 9.17) is 0 Å². The van der Waals surface area contributed by atoms with Crippen LogP contribution >= 0.6 is 0 Å². The van der Waals surface area contributed by atoms with Crippen molar-refractivity contribution in [2.45, 2.75) is 20.3 Å². The number of amides is 1. The fourth-order valence-corrected chi connectivity index (χ4v) is 5.72. The van der Waals surface area contributed by atoms with Crippen LogP contribution in [0, 0.1) is 17.7 Å². The van der Waals surface area contributed by atoms with E-state index >= 15 is 0 Å². The summed E-state index contributed by atoms with van der Waals surface area (Å²) in [4.78, 5) is 14.0. The Morgan fingerprint density at radius 1 is 1.00 bits per heavy atom. The van der Waals surface area contributed by atoms with Gasteiger partial charge in [-0.1, -0.05) is 26.0 Å². The van der Waals surface area contributed by atoms with Crippen LogP contribution in [0.1, 0.15) is 30.6 Å². The first-order valence-corrected chi connectivity index (χ1v) is 10.5. The van der Waals surface area contributed by atoms with E-state index in [0.717, 1.165) is 6.42 Å². The number of nitrogens with zero attached hydrogens (tertiary/aromatic N) is 3. The number of hydrogen-bond donors (Lipinski definition) is 0. The van der Waals surface area contributed by atoms with Gasteiger partial charge in [0.15, 0.2) is 0 Å². The van der Waals surface area contributed by atoms with E-state index in [1.54, 1.807) is 10.4 Å². The molecule has 1 amide bonds. The molecule has 0 aliphatic carbocycles. The van der Waals surface area contributed by atoms with Gasteiger partial charge in [0, 0.05) is 39.3 Å². The fraction of sp³-hybridized carbons (Fsp3) is 0.611. The van der Waals surface area contributed by atoms with E-state index in [1.807, 2.05) is 0 Å². The van der Waals surface area contributed by atoms with Crippen LogP contribution in [0.4, 0.5) is 4.39 Å². The third-order valence-electron chi connectivity index (χ3n) is 5.12. The summed E-state index contributed by atoms with van der Waals surface area (Å²) in [5.41, 5.74) is 0.0301. The van der Waals surface area contributed by atoms with E-state index in [9.17, 15) is 17.6 Å². The molecule has 8 heteroatoms. The molecule has 2 aliphatic heterocycles. The molecule has 0 bridgehead atoms. The van der Waals surface area contributed by atoms with Gasteiger partial charge in [-0.2, -0.15) is 17.0 Å². The largest absolute Gasteiger partial charge is 0.336 e. The van der Waals surface area contributed by atoms with E-state index < -0.39 is 16.0 Å². The second-order valence-corrected chi connectivity index (χ2v) is 9.37. The van der Waals surface area contributed by atoms with Gasteiger partial charge in [0.1, 0.15) is 5.82 Å². The van der Waals surface area contributed by atoms with E-state index in [2.05, 4.69) is 13.8 Å². The molecule has 144 valence electrons. The Morgan fingerprint density at radius 2 is 1.58 bits per heavy atom. The van der Waals surface area contributed by atoms with Crippen molar-refractivity contribution in [1.29, 1.82) is 0 Å². The normalized spacial score (nSPS) is 26.0. The summed E-state index contributed by atoms with van der Waals surface area (Å²) in [6.07, 6.45) is 1.04. The zero-order chi connectivity index (χ0) is 18.9. The maximum Gasteiger partial charge on any atom is 0.282 e. The van der Waals surface area contributed by atoms with Crippen molar-refractivity contribution in [3.63, 3.8) is 0 Å². The average molecular weight is 383 g/mol. The van der Waals surface area contributed by atoms with Crippen molar-refractivity contribution < 1.29 is 17.6 Å². The minimum absolute atomic E-state index is 0.0301. The molecule has 6 nitrogen and oxygen atoms in total. The van der Waals surface area contributed by atoms with Gasteiger partial charge in [0.25, 0.3) is 16.1 Å². The lowest BCUT2D eigenvalue weighted by atomic mass is 9.94. The van der Waals surface area contributed by atoms with Gasteiger partial charge in [-0.3, -0.25) is 4.79 Å². The lowest BCUT2D eigenvalue weighted by molar-refractivity contribution is 0.0687. The van der Waals surface area contributed by atoms with Gasteiger partial charge in [-0.05, 0) is 30.4 Å². The Hall–Kier alpha value is -1.51. The molecule has 1 aromatic carbocycles. The van der Waals surface area contributed by atoms with Crippen LogP contribution in [0.3, 0.4) is 0 Å². The molecule has 2 heterocycles. The highest BCUT2D eigenvalue weighted by Crippen LogP contribution is 2.25. The molecule has 0 radical (unpaired) electrons. The molecule has 0 unspecified atom stereocenters. The zero-order valence-electron chi connectivity index (χ0n) is 15.3. The first kappa shape index (κ1) is 19.3.